The summed E-state index contributed by atoms with van der Waals surface area (Å²) in [5.41, 5.74) is 1.29. The van der Waals surface area contributed by atoms with Crippen LogP contribution < -0.4 is 10.3 Å². The van der Waals surface area contributed by atoms with Crippen LogP contribution in [-0.4, -0.2) is 20.1 Å². The lowest BCUT2D eigenvalue weighted by Crippen LogP contribution is -2.33. The smallest absolute Gasteiger partial charge is 0.278 e. The van der Waals surface area contributed by atoms with Crippen molar-refractivity contribution in [3.8, 4) is 0 Å². The van der Waals surface area contributed by atoms with Crippen molar-refractivity contribution in [2.24, 2.45) is 5.84 Å². The van der Waals surface area contributed by atoms with Gasteiger partial charge < -0.3 is 5.11 Å². The van der Waals surface area contributed by atoms with Gasteiger partial charge in [-0.25, -0.2) is 10.3 Å². The minimum atomic E-state index is -3.65. The Hall–Kier alpha value is -1.63. The molecule has 6 heteroatoms. The van der Waals surface area contributed by atoms with Crippen molar-refractivity contribution in [3.05, 3.63) is 35.9 Å². The molecule has 0 spiro atoms. The summed E-state index contributed by atoms with van der Waals surface area (Å²) in [5, 5.41) is 10.4. The van der Waals surface area contributed by atoms with Crippen molar-refractivity contribution in [1.82, 2.24) is 0 Å². The Morgan fingerprint density at radius 3 is 2.78 bits per heavy atom. The number of sulfonamides is 1. The summed E-state index contributed by atoms with van der Waals surface area (Å²) >= 11 is 0. The molecule has 0 fully saturated rings. The molecule has 5 nitrogen and oxygen atoms in total. The van der Waals surface area contributed by atoms with Crippen LogP contribution >= 0.6 is 0 Å². The van der Waals surface area contributed by atoms with Crippen LogP contribution in [0.3, 0.4) is 0 Å². The number of anilines is 1. The molecule has 0 radical (unpaired) electrons. The Bertz CT molecular complexity index is 740. The molecule has 0 saturated heterocycles. The molecule has 3 rings (SSSR count). The minimum Gasteiger partial charge on any atom is -0.396 e. The molecule has 0 bridgehead atoms. The summed E-state index contributed by atoms with van der Waals surface area (Å²) in [6, 6.07) is 8.77. The first-order valence-corrected chi connectivity index (χ1v) is 6.96. The third-order valence-corrected chi connectivity index (χ3v) is 4.75. The van der Waals surface area contributed by atoms with Gasteiger partial charge in [0.15, 0.2) is 0 Å². The van der Waals surface area contributed by atoms with E-state index in [-0.39, 0.29) is 11.5 Å². The summed E-state index contributed by atoms with van der Waals surface area (Å²) in [6.07, 6.45) is 0.424. The van der Waals surface area contributed by atoms with Gasteiger partial charge in [-0.1, -0.05) is 18.2 Å². The van der Waals surface area contributed by atoms with Gasteiger partial charge in [0.05, 0.1) is 10.6 Å². The van der Waals surface area contributed by atoms with Crippen molar-refractivity contribution in [2.45, 2.75) is 11.3 Å². The normalized spacial score (nSPS) is 16.4. The van der Waals surface area contributed by atoms with Gasteiger partial charge >= 0.3 is 0 Å². The van der Waals surface area contributed by atoms with Gasteiger partial charge in [0, 0.05) is 12.0 Å². The fraction of sp³-hybridized carbons (Fsp3) is 0.167. The molecule has 0 aromatic heterocycles. The van der Waals surface area contributed by atoms with Crippen molar-refractivity contribution >= 4 is 26.5 Å². The Morgan fingerprint density at radius 2 is 2.06 bits per heavy atom. The second-order valence-corrected chi connectivity index (χ2v) is 6.03. The van der Waals surface area contributed by atoms with Crippen LogP contribution in [0.5, 0.6) is 0 Å². The highest BCUT2D eigenvalue weighted by Gasteiger charge is 2.34. The van der Waals surface area contributed by atoms with Crippen molar-refractivity contribution in [2.75, 3.05) is 11.0 Å². The standard InChI is InChI=1S/C12H12N2O3S/c13-14-10-3-1-2-9-6-8(4-5-15)7-11(12(9)10)18(14,16)17/h1-3,6-7,15H,4-5,13H2. The van der Waals surface area contributed by atoms with Crippen LogP contribution in [0.4, 0.5) is 5.69 Å². The van der Waals surface area contributed by atoms with E-state index in [2.05, 4.69) is 0 Å². The molecule has 2 aromatic rings. The van der Waals surface area contributed by atoms with E-state index in [9.17, 15) is 8.42 Å². The predicted octanol–water partition coefficient (Wildman–Crippen LogP) is 0.757. The predicted molar refractivity (Wildman–Crippen MR) is 68.6 cm³/mol. The van der Waals surface area contributed by atoms with E-state index in [1.165, 1.54) is 0 Å². The van der Waals surface area contributed by atoms with E-state index < -0.39 is 10.0 Å². The fourth-order valence-corrected chi connectivity index (χ4v) is 3.73. The first kappa shape index (κ1) is 11.5. The van der Waals surface area contributed by atoms with Gasteiger partial charge in [0.25, 0.3) is 10.0 Å². The lowest BCUT2D eigenvalue weighted by atomic mass is 10.0. The van der Waals surface area contributed by atoms with Crippen molar-refractivity contribution in [1.29, 1.82) is 0 Å². The van der Waals surface area contributed by atoms with Crippen molar-refractivity contribution in [3.63, 3.8) is 0 Å². The first-order chi connectivity index (χ1) is 8.55. The van der Waals surface area contributed by atoms with Gasteiger partial charge in [0.1, 0.15) is 0 Å². The SMILES string of the molecule is NN1c2cccc3cc(CCO)cc(c23)S1(=O)=O. The number of benzene rings is 2. The maximum Gasteiger partial charge on any atom is 0.278 e. The van der Waals surface area contributed by atoms with Crippen LogP contribution in [0.2, 0.25) is 0 Å². The van der Waals surface area contributed by atoms with E-state index in [1.54, 1.807) is 18.2 Å². The lowest BCUT2D eigenvalue weighted by molar-refractivity contribution is 0.299. The van der Waals surface area contributed by atoms with Crippen molar-refractivity contribution < 1.29 is 13.5 Å². The highest BCUT2D eigenvalue weighted by atomic mass is 32.2. The fourth-order valence-electron chi connectivity index (χ4n) is 2.32. The minimum absolute atomic E-state index is 0.0168. The van der Waals surface area contributed by atoms with Gasteiger partial charge in [-0.15, -0.1) is 0 Å². The van der Waals surface area contributed by atoms with Crippen LogP contribution in [0.15, 0.2) is 35.2 Å². The number of nitrogens with two attached hydrogens (primary N) is 1. The summed E-state index contributed by atoms with van der Waals surface area (Å²) in [5.74, 6) is 5.64. The largest absolute Gasteiger partial charge is 0.396 e. The van der Waals surface area contributed by atoms with E-state index in [0.29, 0.717) is 17.5 Å². The van der Waals surface area contributed by atoms with Crippen LogP contribution in [0, 0.1) is 0 Å². The highest BCUT2D eigenvalue weighted by molar-refractivity contribution is 7.93. The van der Waals surface area contributed by atoms with Gasteiger partial charge in [-0.2, -0.15) is 8.42 Å². The molecule has 3 N–H and O–H groups in total. The van der Waals surface area contributed by atoms with Gasteiger partial charge in [-0.3, -0.25) is 0 Å². The summed E-state index contributed by atoms with van der Waals surface area (Å²) in [4.78, 5) is 0.224. The maximum absolute atomic E-state index is 12.2. The van der Waals surface area contributed by atoms with E-state index in [4.69, 9.17) is 10.9 Å². The number of aliphatic hydroxyl groups is 1. The molecule has 1 aliphatic heterocycles. The average Bonchev–Trinajstić information content (AvgIpc) is 2.54. The molecule has 0 aliphatic carbocycles. The van der Waals surface area contributed by atoms with E-state index in [1.807, 2.05) is 12.1 Å². The zero-order valence-electron chi connectivity index (χ0n) is 9.50. The topological polar surface area (TPSA) is 83.6 Å². The quantitative estimate of drug-likeness (QED) is 0.784. The molecule has 94 valence electrons. The molecule has 1 aliphatic rings. The monoisotopic (exact) mass is 264 g/mol. The van der Waals surface area contributed by atoms with Gasteiger partial charge in [0.2, 0.25) is 0 Å². The molecule has 0 saturated carbocycles. The molecule has 0 amide bonds. The van der Waals surface area contributed by atoms with Gasteiger partial charge in [-0.05, 0) is 29.5 Å². The van der Waals surface area contributed by atoms with E-state index in [0.717, 1.165) is 15.4 Å². The molecule has 18 heavy (non-hydrogen) atoms. The number of aliphatic hydroxyl groups excluding tert-OH is 1. The lowest BCUT2D eigenvalue weighted by Gasteiger charge is -2.10. The average molecular weight is 264 g/mol. The molecule has 1 heterocycles. The number of nitrogens with zero attached hydrogens (tertiary/aromatic N) is 1. The Morgan fingerprint density at radius 1 is 1.28 bits per heavy atom. The number of hydrogen-bond acceptors (Lipinski definition) is 4. The number of hydrazine groups is 1. The molecular weight excluding hydrogens is 252 g/mol. The molecular formula is C12H12N2O3S. The maximum atomic E-state index is 12.2. The van der Waals surface area contributed by atoms with Crippen LogP contribution in [0.1, 0.15) is 5.56 Å². The summed E-state index contributed by atoms with van der Waals surface area (Å²) < 4.78 is 25.1. The van der Waals surface area contributed by atoms with Crippen LogP contribution in [-0.2, 0) is 16.4 Å². The first-order valence-electron chi connectivity index (χ1n) is 5.52. The second kappa shape index (κ2) is 3.68. The van der Waals surface area contributed by atoms with Crippen LogP contribution in [0.25, 0.3) is 10.8 Å². The highest BCUT2D eigenvalue weighted by Crippen LogP contribution is 2.40. The molecule has 2 aromatic carbocycles. The number of rotatable bonds is 2. The Balaban J connectivity index is 2.42. The Kier molecular flexibility index (Phi) is 2.34. The molecule has 0 unspecified atom stereocenters. The third-order valence-electron chi connectivity index (χ3n) is 3.15. The third kappa shape index (κ3) is 1.37. The summed E-state index contributed by atoms with van der Waals surface area (Å²) in [6.45, 7) is -0.0168. The molecule has 0 atom stereocenters. The second-order valence-electron chi connectivity index (χ2n) is 4.24. The number of hydrogen-bond donors (Lipinski definition) is 2. The Labute approximate surface area is 104 Å². The summed E-state index contributed by atoms with van der Waals surface area (Å²) in [7, 11) is -3.65. The zero-order valence-corrected chi connectivity index (χ0v) is 10.3. The zero-order chi connectivity index (χ0) is 12.9. The van der Waals surface area contributed by atoms with E-state index >= 15 is 0 Å².